The van der Waals surface area contributed by atoms with Gasteiger partial charge >= 0.3 is 5.97 Å². The quantitative estimate of drug-likeness (QED) is 0.639. The largest absolute Gasteiger partial charge is 0.454 e. The molecule has 1 aliphatic heterocycles. The summed E-state index contributed by atoms with van der Waals surface area (Å²) in [5.74, 6) is 0.164. The van der Waals surface area contributed by atoms with Gasteiger partial charge in [0.25, 0.3) is 5.91 Å². The molecule has 0 spiro atoms. The molecule has 0 radical (unpaired) electrons. The smallest absolute Gasteiger partial charge is 0.351 e. The van der Waals surface area contributed by atoms with Gasteiger partial charge in [-0.05, 0) is 26.0 Å². The molecule has 0 saturated carbocycles. The van der Waals surface area contributed by atoms with Crippen molar-refractivity contribution in [3.63, 3.8) is 0 Å². The number of aromatic nitrogens is 1. The summed E-state index contributed by atoms with van der Waals surface area (Å²) in [6.07, 6.45) is -0.977. The predicted molar refractivity (Wildman–Crippen MR) is 108 cm³/mol. The van der Waals surface area contributed by atoms with E-state index in [1.54, 1.807) is 25.1 Å². The first kappa shape index (κ1) is 18.9. The van der Waals surface area contributed by atoms with Crippen LogP contribution in [0.5, 0.6) is 11.5 Å². The molecular formula is C21H18N2O5S. The van der Waals surface area contributed by atoms with E-state index >= 15 is 0 Å². The van der Waals surface area contributed by atoms with Gasteiger partial charge < -0.3 is 19.5 Å². The van der Waals surface area contributed by atoms with Gasteiger partial charge in [0.2, 0.25) is 6.79 Å². The van der Waals surface area contributed by atoms with Crippen LogP contribution < -0.4 is 14.8 Å². The Morgan fingerprint density at radius 3 is 2.69 bits per heavy atom. The summed E-state index contributed by atoms with van der Waals surface area (Å²) in [6, 6.07) is 14.6. The zero-order chi connectivity index (χ0) is 20.4. The Hall–Kier alpha value is -3.39. The number of fused-ring (bicyclic) bond motifs is 1. The van der Waals surface area contributed by atoms with Crippen molar-refractivity contribution in [2.24, 2.45) is 0 Å². The van der Waals surface area contributed by atoms with E-state index < -0.39 is 18.0 Å². The molecule has 0 unspecified atom stereocenters. The second kappa shape index (κ2) is 7.92. The van der Waals surface area contributed by atoms with Crippen LogP contribution in [0.2, 0.25) is 0 Å². The number of carbonyl (C=O) groups is 2. The first-order valence-corrected chi connectivity index (χ1v) is 9.77. The molecule has 0 bridgehead atoms. The number of esters is 1. The molecule has 1 aliphatic rings. The van der Waals surface area contributed by atoms with Gasteiger partial charge in [0.15, 0.2) is 17.6 Å². The molecule has 1 N–H and O–H groups in total. The summed E-state index contributed by atoms with van der Waals surface area (Å²) in [5, 5.41) is 3.44. The molecule has 0 saturated heterocycles. The first-order chi connectivity index (χ1) is 14.0. The maximum atomic E-state index is 12.6. The van der Waals surface area contributed by atoms with Crippen molar-refractivity contribution >= 4 is 28.9 Å². The SMILES string of the molecule is Cc1nc(-c2ccccc2)sc1C(=O)O[C@@H](C)C(=O)Nc1ccc2c(c1)OCO2. The van der Waals surface area contributed by atoms with E-state index in [2.05, 4.69) is 10.3 Å². The van der Waals surface area contributed by atoms with Crippen LogP contribution in [0.25, 0.3) is 10.6 Å². The molecular weight excluding hydrogens is 392 g/mol. The number of anilines is 1. The number of rotatable bonds is 5. The lowest BCUT2D eigenvalue weighted by Crippen LogP contribution is -2.29. The Bertz CT molecular complexity index is 1060. The van der Waals surface area contributed by atoms with Gasteiger partial charge in [0, 0.05) is 17.3 Å². The summed E-state index contributed by atoms with van der Waals surface area (Å²) in [6.45, 7) is 3.42. The number of nitrogens with one attached hydrogen (secondary N) is 1. The van der Waals surface area contributed by atoms with Gasteiger partial charge in [-0.2, -0.15) is 0 Å². The Morgan fingerprint density at radius 2 is 1.90 bits per heavy atom. The maximum absolute atomic E-state index is 12.6. The lowest BCUT2D eigenvalue weighted by molar-refractivity contribution is -0.123. The fourth-order valence-electron chi connectivity index (χ4n) is 2.78. The van der Waals surface area contributed by atoms with E-state index in [1.165, 1.54) is 18.3 Å². The third-order valence-corrected chi connectivity index (χ3v) is 5.48. The number of hydrogen-bond donors (Lipinski definition) is 1. The van der Waals surface area contributed by atoms with Gasteiger partial charge in [0.05, 0.1) is 5.69 Å². The number of benzene rings is 2. The molecule has 1 aromatic heterocycles. The first-order valence-electron chi connectivity index (χ1n) is 8.95. The average Bonchev–Trinajstić information content (AvgIpc) is 3.34. The number of amides is 1. The van der Waals surface area contributed by atoms with Crippen LogP contribution in [0.4, 0.5) is 5.69 Å². The molecule has 0 aliphatic carbocycles. The van der Waals surface area contributed by atoms with E-state index in [1.807, 2.05) is 30.3 Å². The molecule has 8 heteroatoms. The van der Waals surface area contributed by atoms with Crippen LogP contribution in [0, 0.1) is 6.92 Å². The van der Waals surface area contributed by atoms with Crippen LogP contribution in [0.15, 0.2) is 48.5 Å². The zero-order valence-electron chi connectivity index (χ0n) is 15.8. The van der Waals surface area contributed by atoms with Crippen molar-refractivity contribution < 1.29 is 23.8 Å². The highest BCUT2D eigenvalue weighted by atomic mass is 32.1. The van der Waals surface area contributed by atoms with E-state index in [-0.39, 0.29) is 6.79 Å². The van der Waals surface area contributed by atoms with E-state index in [9.17, 15) is 9.59 Å². The van der Waals surface area contributed by atoms with Gasteiger partial charge in [-0.25, -0.2) is 9.78 Å². The topological polar surface area (TPSA) is 86.8 Å². The lowest BCUT2D eigenvalue weighted by Gasteiger charge is -2.13. The average molecular weight is 410 g/mol. The van der Waals surface area contributed by atoms with Crippen molar-refractivity contribution in [3.05, 3.63) is 59.1 Å². The van der Waals surface area contributed by atoms with E-state index in [0.29, 0.717) is 27.8 Å². The van der Waals surface area contributed by atoms with Crippen LogP contribution in [-0.2, 0) is 9.53 Å². The van der Waals surface area contributed by atoms with Crippen molar-refractivity contribution in [1.29, 1.82) is 0 Å². The molecule has 29 heavy (non-hydrogen) atoms. The van der Waals surface area contributed by atoms with Crippen LogP contribution >= 0.6 is 11.3 Å². The summed E-state index contributed by atoms with van der Waals surface area (Å²) in [4.78, 5) is 29.8. The highest BCUT2D eigenvalue weighted by Gasteiger charge is 2.24. The molecule has 0 fully saturated rings. The second-order valence-electron chi connectivity index (χ2n) is 6.40. The number of ether oxygens (including phenoxy) is 3. The Balaban J connectivity index is 1.41. The van der Waals surface area contributed by atoms with Crippen LogP contribution in [-0.4, -0.2) is 29.8 Å². The van der Waals surface area contributed by atoms with Gasteiger partial charge in [-0.15, -0.1) is 11.3 Å². The van der Waals surface area contributed by atoms with Crippen molar-refractivity contribution in [3.8, 4) is 22.1 Å². The maximum Gasteiger partial charge on any atom is 0.351 e. The molecule has 148 valence electrons. The Kier molecular flexibility index (Phi) is 5.18. The molecule has 7 nitrogen and oxygen atoms in total. The van der Waals surface area contributed by atoms with Crippen molar-refractivity contribution in [1.82, 2.24) is 4.98 Å². The lowest BCUT2D eigenvalue weighted by atomic mass is 10.2. The Morgan fingerprint density at radius 1 is 1.14 bits per heavy atom. The van der Waals surface area contributed by atoms with Crippen molar-refractivity contribution in [2.45, 2.75) is 20.0 Å². The summed E-state index contributed by atoms with van der Waals surface area (Å²) in [7, 11) is 0. The fourth-order valence-corrected chi connectivity index (χ4v) is 3.73. The summed E-state index contributed by atoms with van der Waals surface area (Å²) < 4.78 is 15.9. The zero-order valence-corrected chi connectivity index (χ0v) is 16.6. The molecule has 4 rings (SSSR count). The van der Waals surface area contributed by atoms with Crippen molar-refractivity contribution in [2.75, 3.05) is 12.1 Å². The van der Waals surface area contributed by atoms with Gasteiger partial charge in [-0.3, -0.25) is 4.79 Å². The monoisotopic (exact) mass is 410 g/mol. The molecule has 2 heterocycles. The number of carbonyl (C=O) groups excluding carboxylic acids is 2. The molecule has 3 aromatic rings. The third-order valence-electron chi connectivity index (χ3n) is 4.30. The molecule has 1 atom stereocenters. The minimum atomic E-state index is -0.977. The van der Waals surface area contributed by atoms with Crippen LogP contribution in [0.3, 0.4) is 0 Å². The molecule has 2 aromatic carbocycles. The number of aryl methyl sites for hydroxylation is 1. The third kappa shape index (κ3) is 4.07. The van der Waals surface area contributed by atoms with E-state index in [4.69, 9.17) is 14.2 Å². The number of hydrogen-bond acceptors (Lipinski definition) is 7. The fraction of sp³-hybridized carbons (Fsp3) is 0.190. The number of thiazole rings is 1. The highest BCUT2D eigenvalue weighted by molar-refractivity contribution is 7.17. The second-order valence-corrected chi connectivity index (χ2v) is 7.40. The normalized spacial score (nSPS) is 13.0. The van der Waals surface area contributed by atoms with Crippen LogP contribution in [0.1, 0.15) is 22.3 Å². The summed E-state index contributed by atoms with van der Waals surface area (Å²) >= 11 is 1.24. The predicted octanol–water partition coefficient (Wildman–Crippen LogP) is 4.03. The van der Waals surface area contributed by atoms with Gasteiger partial charge in [0.1, 0.15) is 9.88 Å². The minimum absolute atomic E-state index is 0.153. The number of nitrogens with zero attached hydrogens (tertiary/aromatic N) is 1. The van der Waals surface area contributed by atoms with E-state index in [0.717, 1.165) is 10.6 Å². The standard InChI is InChI=1S/C21H18N2O5S/c1-12-18(29-20(22-12)14-6-4-3-5-7-14)21(25)28-13(2)19(24)23-15-8-9-16-17(10-15)27-11-26-16/h3-10,13H,11H2,1-2H3,(H,23,24)/t13-/m0/s1. The summed E-state index contributed by atoms with van der Waals surface area (Å²) in [5.41, 5.74) is 2.03. The highest BCUT2D eigenvalue weighted by Crippen LogP contribution is 2.34. The Labute approximate surface area is 171 Å². The van der Waals surface area contributed by atoms with Gasteiger partial charge in [-0.1, -0.05) is 30.3 Å². The minimum Gasteiger partial charge on any atom is -0.454 e. The molecule has 1 amide bonds.